The summed E-state index contributed by atoms with van der Waals surface area (Å²) in [5.74, 6) is -0.976. The average Bonchev–Trinajstić information content (AvgIpc) is 2.58. The molecule has 27 heavy (non-hydrogen) atoms. The van der Waals surface area contributed by atoms with E-state index in [1.807, 2.05) is 6.08 Å². The van der Waals surface area contributed by atoms with Gasteiger partial charge in [0.1, 0.15) is 15.4 Å². The summed E-state index contributed by atoms with van der Waals surface area (Å²) in [6.07, 6.45) is 14.1. The third-order valence-electron chi connectivity index (χ3n) is 4.37. The molecule has 0 heterocycles. The fourth-order valence-electron chi connectivity index (χ4n) is 2.75. The maximum absolute atomic E-state index is 11.3. The predicted molar refractivity (Wildman–Crippen MR) is 102 cm³/mol. The minimum Gasteiger partial charge on any atom is -0.747 e. The molecule has 0 saturated heterocycles. The SMILES string of the molecule is CCCCCCC(O)C/C=C\CCCCCCC(C(=O)OC)S(=O)(=O)[O-].[Na+]. The number of hydrogen-bond acceptors (Lipinski definition) is 6. The van der Waals surface area contributed by atoms with Crippen LogP contribution in [-0.2, 0) is 19.6 Å². The van der Waals surface area contributed by atoms with Crippen molar-refractivity contribution in [2.75, 3.05) is 7.11 Å². The van der Waals surface area contributed by atoms with Crippen molar-refractivity contribution in [3.8, 4) is 0 Å². The molecule has 0 aliphatic carbocycles. The van der Waals surface area contributed by atoms with Crippen LogP contribution in [0.5, 0.6) is 0 Å². The second kappa shape index (κ2) is 18.1. The van der Waals surface area contributed by atoms with E-state index in [0.717, 1.165) is 45.6 Å². The molecule has 0 radical (unpaired) electrons. The first kappa shape index (κ1) is 29.3. The number of aliphatic hydroxyl groups excluding tert-OH is 1. The van der Waals surface area contributed by atoms with E-state index in [1.54, 1.807) is 0 Å². The smallest absolute Gasteiger partial charge is 0.747 e. The van der Waals surface area contributed by atoms with Gasteiger partial charge in [-0.1, -0.05) is 64.0 Å². The van der Waals surface area contributed by atoms with Gasteiger partial charge in [0.25, 0.3) is 0 Å². The van der Waals surface area contributed by atoms with Crippen LogP contribution in [0.4, 0.5) is 0 Å². The monoisotopic (exact) mass is 414 g/mol. The molecule has 0 spiro atoms. The topological polar surface area (TPSA) is 104 Å². The Morgan fingerprint density at radius 2 is 1.63 bits per heavy atom. The van der Waals surface area contributed by atoms with Crippen molar-refractivity contribution in [1.29, 1.82) is 0 Å². The molecule has 2 unspecified atom stereocenters. The van der Waals surface area contributed by atoms with Gasteiger partial charge in [0.15, 0.2) is 0 Å². The quantitative estimate of drug-likeness (QED) is 0.131. The van der Waals surface area contributed by atoms with Crippen molar-refractivity contribution >= 4 is 16.1 Å². The van der Waals surface area contributed by atoms with E-state index in [1.165, 1.54) is 19.3 Å². The Kier molecular flexibility index (Phi) is 19.7. The second-order valence-corrected chi connectivity index (χ2v) is 8.26. The Bertz CT molecular complexity index is 492. The standard InChI is InChI=1S/C19H36O6S.Na/c1-3-4-5-11-14-17(20)15-12-9-7-6-8-10-13-16-18(19(21)25-2)26(22,23)24;/h9,12,17-18,20H,3-8,10-11,13-16H2,1-2H3,(H,22,23,24);/q;+1/p-1/b12-9-;. The maximum Gasteiger partial charge on any atom is 1.00 e. The van der Waals surface area contributed by atoms with Gasteiger partial charge in [-0.15, -0.1) is 0 Å². The number of allylic oxidation sites excluding steroid dienone is 1. The van der Waals surface area contributed by atoms with Crippen molar-refractivity contribution in [1.82, 2.24) is 0 Å². The maximum atomic E-state index is 11.3. The molecule has 6 nitrogen and oxygen atoms in total. The zero-order valence-electron chi connectivity index (χ0n) is 17.2. The summed E-state index contributed by atoms with van der Waals surface area (Å²) in [6.45, 7) is 2.17. The molecule has 0 aromatic carbocycles. The van der Waals surface area contributed by atoms with E-state index in [-0.39, 0.29) is 42.1 Å². The van der Waals surface area contributed by atoms with Crippen LogP contribution < -0.4 is 29.6 Å². The zero-order chi connectivity index (χ0) is 19.8. The summed E-state index contributed by atoms with van der Waals surface area (Å²) < 4.78 is 37.5. The molecule has 0 aliphatic heterocycles. The minimum atomic E-state index is -4.66. The summed E-state index contributed by atoms with van der Waals surface area (Å²) in [5.41, 5.74) is 0. The Balaban J connectivity index is 0. The molecule has 0 fully saturated rings. The van der Waals surface area contributed by atoms with Gasteiger partial charge in [-0.25, -0.2) is 8.42 Å². The molecular weight excluding hydrogens is 379 g/mol. The Morgan fingerprint density at radius 3 is 2.22 bits per heavy atom. The third-order valence-corrected chi connectivity index (χ3v) is 5.49. The molecule has 0 bridgehead atoms. The molecule has 0 rings (SSSR count). The Morgan fingerprint density at radius 1 is 1.04 bits per heavy atom. The molecular formula is C19H35NaO6S. The van der Waals surface area contributed by atoms with Gasteiger partial charge in [-0.2, -0.15) is 0 Å². The van der Waals surface area contributed by atoms with Gasteiger partial charge in [0.2, 0.25) is 0 Å². The molecule has 0 aromatic rings. The summed E-state index contributed by atoms with van der Waals surface area (Å²) in [4.78, 5) is 11.3. The number of carbonyl (C=O) groups excluding carboxylic acids is 1. The first-order valence-electron chi connectivity index (χ1n) is 9.68. The molecule has 0 saturated carbocycles. The molecule has 1 N–H and O–H groups in total. The van der Waals surface area contributed by atoms with E-state index in [0.29, 0.717) is 12.8 Å². The first-order valence-corrected chi connectivity index (χ1v) is 11.2. The number of rotatable bonds is 16. The number of ether oxygens (including phenoxy) is 1. The van der Waals surface area contributed by atoms with Gasteiger partial charge in [0, 0.05) is 0 Å². The summed E-state index contributed by atoms with van der Waals surface area (Å²) in [7, 11) is -3.58. The van der Waals surface area contributed by atoms with Crippen LogP contribution in [-0.4, -0.2) is 42.5 Å². The van der Waals surface area contributed by atoms with Crippen LogP contribution in [0, 0.1) is 0 Å². The molecule has 0 aromatic heterocycles. The summed E-state index contributed by atoms with van der Waals surface area (Å²) in [6, 6.07) is 0. The van der Waals surface area contributed by atoms with E-state index < -0.39 is 21.3 Å². The molecule has 0 aliphatic rings. The van der Waals surface area contributed by atoms with Crippen LogP contribution in [0.25, 0.3) is 0 Å². The van der Waals surface area contributed by atoms with Crippen LogP contribution >= 0.6 is 0 Å². The largest absolute Gasteiger partial charge is 1.00 e. The van der Waals surface area contributed by atoms with Gasteiger partial charge < -0.3 is 14.4 Å². The molecule has 0 amide bonds. The normalized spacial score (nSPS) is 13.9. The van der Waals surface area contributed by atoms with Gasteiger partial charge in [-0.3, -0.25) is 4.79 Å². The van der Waals surface area contributed by atoms with Crippen molar-refractivity contribution < 1.29 is 57.2 Å². The van der Waals surface area contributed by atoms with Crippen LogP contribution in [0.15, 0.2) is 12.2 Å². The number of carbonyl (C=O) groups is 1. The van der Waals surface area contributed by atoms with Crippen molar-refractivity contribution in [2.45, 2.75) is 95.3 Å². The fraction of sp³-hybridized carbons (Fsp3) is 0.842. The number of hydrogen-bond donors (Lipinski definition) is 1. The van der Waals surface area contributed by atoms with E-state index >= 15 is 0 Å². The summed E-state index contributed by atoms with van der Waals surface area (Å²) >= 11 is 0. The number of esters is 1. The molecule has 8 heteroatoms. The Hall–Kier alpha value is 0.0800. The third kappa shape index (κ3) is 16.7. The van der Waals surface area contributed by atoms with E-state index in [2.05, 4.69) is 17.7 Å². The van der Waals surface area contributed by atoms with Gasteiger partial charge in [-0.05, 0) is 32.1 Å². The van der Waals surface area contributed by atoms with Crippen molar-refractivity contribution in [2.24, 2.45) is 0 Å². The number of methoxy groups -OCH3 is 1. The van der Waals surface area contributed by atoms with E-state index in [9.17, 15) is 22.9 Å². The van der Waals surface area contributed by atoms with E-state index in [4.69, 9.17) is 0 Å². The Labute approximate surface area is 187 Å². The van der Waals surface area contributed by atoms with Crippen molar-refractivity contribution in [3.63, 3.8) is 0 Å². The number of aliphatic hydroxyl groups is 1. The average molecular weight is 415 g/mol. The van der Waals surface area contributed by atoms with Crippen LogP contribution in [0.3, 0.4) is 0 Å². The van der Waals surface area contributed by atoms with Crippen LogP contribution in [0.1, 0.15) is 84.0 Å². The van der Waals surface area contributed by atoms with Crippen LogP contribution in [0.2, 0.25) is 0 Å². The first-order chi connectivity index (χ1) is 12.3. The van der Waals surface area contributed by atoms with Crippen molar-refractivity contribution in [3.05, 3.63) is 12.2 Å². The summed E-state index contributed by atoms with van der Waals surface area (Å²) in [5, 5.41) is 8.25. The number of unbranched alkanes of at least 4 members (excludes halogenated alkanes) is 7. The van der Waals surface area contributed by atoms with Gasteiger partial charge in [0.05, 0.1) is 13.2 Å². The molecule has 154 valence electrons. The predicted octanol–water partition coefficient (Wildman–Crippen LogP) is 0.695. The zero-order valence-corrected chi connectivity index (χ0v) is 20.0. The fourth-order valence-corrected chi connectivity index (χ4v) is 3.54. The van der Waals surface area contributed by atoms with Gasteiger partial charge >= 0.3 is 35.5 Å². The minimum absolute atomic E-state index is 0. The molecule has 2 atom stereocenters. The second-order valence-electron chi connectivity index (χ2n) is 6.71.